The number of nitrogens with one attached hydrogen (secondary N) is 1. The summed E-state index contributed by atoms with van der Waals surface area (Å²) >= 11 is 4.01. The van der Waals surface area contributed by atoms with Crippen molar-refractivity contribution in [3.8, 4) is 0 Å². The number of ether oxygens (including phenoxy) is 3. The number of anilines is 1. The number of nitrogens with zero attached hydrogens (tertiary/aromatic N) is 7. The highest BCUT2D eigenvalue weighted by Gasteiger charge is 2.54. The van der Waals surface area contributed by atoms with Crippen LogP contribution >= 0.6 is 34.9 Å². The van der Waals surface area contributed by atoms with Crippen LogP contribution in [0.3, 0.4) is 0 Å². The first kappa shape index (κ1) is 33.9. The molecule has 250 valence electrons. The van der Waals surface area contributed by atoms with Gasteiger partial charge < -0.3 is 30.2 Å². The Balaban J connectivity index is 1.22. The van der Waals surface area contributed by atoms with Gasteiger partial charge >= 0.3 is 12.1 Å². The van der Waals surface area contributed by atoms with E-state index < -0.39 is 29.4 Å². The average Bonchev–Trinajstić information content (AvgIpc) is 3.67. The van der Waals surface area contributed by atoms with Crippen LogP contribution in [0.15, 0.2) is 21.8 Å². The van der Waals surface area contributed by atoms with Gasteiger partial charge in [-0.05, 0) is 55.8 Å². The minimum Gasteiger partial charge on any atom is -0.457 e. The number of amides is 2. The molecule has 1 saturated heterocycles. The van der Waals surface area contributed by atoms with Crippen molar-refractivity contribution in [2.24, 2.45) is 0 Å². The Kier molecular flexibility index (Phi) is 11.7. The second kappa shape index (κ2) is 15.9. The molecule has 3 N–H and O–H groups in total. The molecule has 4 heterocycles. The van der Waals surface area contributed by atoms with Crippen LogP contribution in [0.25, 0.3) is 0 Å². The lowest BCUT2D eigenvalue weighted by Gasteiger charge is -2.49. The van der Waals surface area contributed by atoms with Crippen LogP contribution in [-0.4, -0.2) is 122 Å². The summed E-state index contributed by atoms with van der Waals surface area (Å²) in [6.45, 7) is 0.900. The van der Waals surface area contributed by atoms with Crippen LogP contribution in [0.2, 0.25) is 0 Å². The lowest BCUT2D eigenvalue weighted by Crippen LogP contribution is -2.70. The highest BCUT2D eigenvalue weighted by Crippen LogP contribution is 2.42. The van der Waals surface area contributed by atoms with Crippen molar-refractivity contribution in [1.82, 2.24) is 40.3 Å². The van der Waals surface area contributed by atoms with E-state index in [-0.39, 0.29) is 37.3 Å². The molecule has 2 fully saturated rings. The molecule has 19 heteroatoms. The zero-order chi connectivity index (χ0) is 32.6. The van der Waals surface area contributed by atoms with Gasteiger partial charge in [-0.2, -0.15) is 0 Å². The van der Waals surface area contributed by atoms with E-state index in [1.807, 2.05) is 19.0 Å². The van der Waals surface area contributed by atoms with Crippen LogP contribution in [0.1, 0.15) is 37.8 Å². The summed E-state index contributed by atoms with van der Waals surface area (Å²) in [5, 5.41) is 16.8. The van der Waals surface area contributed by atoms with E-state index in [2.05, 4.69) is 25.8 Å². The SMILES string of the molecule is CN(C)CCn1nnnc1SCC1=C(C(=O)OCCOC(=O)OC2CCCCC2)N2C(=O)[C@@H](NC(=O)Cc3csc(N)n3)[C@@H]2SC1. The van der Waals surface area contributed by atoms with Crippen molar-refractivity contribution in [3.05, 3.63) is 22.3 Å². The number of hydrogen-bond donors (Lipinski definition) is 2. The second-order valence-corrected chi connectivity index (χ2v) is 14.1. The summed E-state index contributed by atoms with van der Waals surface area (Å²) in [7, 11) is 3.91. The molecular formula is C27H37N9O7S3. The summed E-state index contributed by atoms with van der Waals surface area (Å²) in [4.78, 5) is 59.1. The minimum absolute atomic E-state index is 0.0206. The number of nitrogens with two attached hydrogens (primary N) is 1. The van der Waals surface area contributed by atoms with Gasteiger partial charge in [-0.25, -0.2) is 19.3 Å². The number of hydrogen-bond acceptors (Lipinski definition) is 16. The van der Waals surface area contributed by atoms with Crippen molar-refractivity contribution in [1.29, 1.82) is 0 Å². The second-order valence-electron chi connectivity index (χ2n) is 11.1. The van der Waals surface area contributed by atoms with E-state index in [1.54, 1.807) is 10.1 Å². The number of tetrazole rings is 1. The maximum Gasteiger partial charge on any atom is 0.508 e. The fourth-order valence-corrected chi connectivity index (χ4v) is 8.09. The Bertz CT molecular complexity index is 1440. The molecule has 0 radical (unpaired) electrons. The molecule has 0 unspecified atom stereocenters. The number of carbonyl (C=O) groups is 4. The zero-order valence-electron chi connectivity index (χ0n) is 25.6. The molecule has 0 aromatic carbocycles. The van der Waals surface area contributed by atoms with Crippen molar-refractivity contribution in [3.63, 3.8) is 0 Å². The lowest BCUT2D eigenvalue weighted by molar-refractivity contribution is -0.153. The van der Waals surface area contributed by atoms with Gasteiger partial charge in [0.25, 0.3) is 5.91 Å². The Labute approximate surface area is 278 Å². The van der Waals surface area contributed by atoms with E-state index >= 15 is 0 Å². The van der Waals surface area contributed by atoms with E-state index in [1.165, 1.54) is 39.8 Å². The molecule has 0 spiro atoms. The number of rotatable bonds is 14. The van der Waals surface area contributed by atoms with Crippen molar-refractivity contribution in [2.45, 2.75) is 67.7 Å². The molecule has 0 bridgehead atoms. The molecule has 3 aliphatic rings. The van der Waals surface area contributed by atoms with Crippen molar-refractivity contribution in [2.75, 3.05) is 51.1 Å². The predicted octanol–water partition coefficient (Wildman–Crippen LogP) is 1.29. The summed E-state index contributed by atoms with van der Waals surface area (Å²) in [6, 6.07) is -0.818. The monoisotopic (exact) mass is 695 g/mol. The largest absolute Gasteiger partial charge is 0.508 e. The van der Waals surface area contributed by atoms with E-state index in [0.717, 1.165) is 38.6 Å². The molecule has 2 amide bonds. The predicted molar refractivity (Wildman–Crippen MR) is 170 cm³/mol. The van der Waals surface area contributed by atoms with Crippen LogP contribution in [-0.2, 0) is 41.6 Å². The van der Waals surface area contributed by atoms with Crippen molar-refractivity contribution >= 4 is 63.9 Å². The molecule has 2 aromatic heterocycles. The number of aromatic nitrogens is 5. The number of β-lactam (4-membered cyclic amide) rings is 1. The third kappa shape index (κ3) is 8.68. The highest BCUT2D eigenvalue weighted by molar-refractivity contribution is 8.01. The lowest BCUT2D eigenvalue weighted by atomic mass is 9.98. The van der Waals surface area contributed by atoms with Gasteiger partial charge in [0.1, 0.15) is 36.4 Å². The standard InChI is InChI=1S/C27H37N9O7S3/c1-34(2)8-9-35-26(31-32-33-35)46-14-16-13-44-23-20(30-19(37)12-17-15-45-25(28)29-17)22(38)36(23)21(16)24(39)41-10-11-42-27(40)43-18-6-4-3-5-7-18/h15,18,20,23H,3-14H2,1-2H3,(H2,28,29)(H,30,37)/t20-,23+/m1/s1. The van der Waals surface area contributed by atoms with Crippen LogP contribution in [0.5, 0.6) is 0 Å². The summed E-state index contributed by atoms with van der Waals surface area (Å²) in [5.41, 5.74) is 6.94. The minimum atomic E-state index is -0.818. The van der Waals surface area contributed by atoms with E-state index in [4.69, 9.17) is 19.9 Å². The summed E-state index contributed by atoms with van der Waals surface area (Å²) in [6.07, 6.45) is 3.80. The molecule has 2 aliphatic heterocycles. The summed E-state index contributed by atoms with van der Waals surface area (Å²) < 4.78 is 17.6. The Hall–Kier alpha value is -3.42. The average molecular weight is 696 g/mol. The van der Waals surface area contributed by atoms with E-state index in [9.17, 15) is 19.2 Å². The molecule has 46 heavy (non-hydrogen) atoms. The van der Waals surface area contributed by atoms with Gasteiger partial charge in [0.15, 0.2) is 5.13 Å². The zero-order valence-corrected chi connectivity index (χ0v) is 28.0. The highest BCUT2D eigenvalue weighted by atomic mass is 32.2. The van der Waals surface area contributed by atoms with Gasteiger partial charge in [0, 0.05) is 23.4 Å². The third-order valence-corrected chi connectivity index (χ3v) is 10.6. The van der Waals surface area contributed by atoms with E-state index in [0.29, 0.717) is 39.6 Å². The maximum atomic E-state index is 13.5. The fourth-order valence-electron chi connectivity index (χ4n) is 5.14. The van der Waals surface area contributed by atoms with Gasteiger partial charge in [-0.3, -0.25) is 14.5 Å². The Morgan fingerprint density at radius 3 is 2.70 bits per heavy atom. The fraction of sp³-hybridized carbons (Fsp3) is 0.630. The van der Waals surface area contributed by atoms with Gasteiger partial charge in [0.05, 0.1) is 18.7 Å². The molecule has 1 aliphatic carbocycles. The normalized spacial score (nSPS) is 19.9. The first-order valence-electron chi connectivity index (χ1n) is 14.9. The molecule has 5 rings (SSSR count). The number of esters is 1. The number of thiazole rings is 1. The Morgan fingerprint density at radius 2 is 1.96 bits per heavy atom. The Morgan fingerprint density at radius 1 is 1.17 bits per heavy atom. The maximum absolute atomic E-state index is 13.5. The number of nitrogen functional groups attached to an aromatic ring is 1. The summed E-state index contributed by atoms with van der Waals surface area (Å²) in [5.74, 6) is -0.804. The number of fused-ring (bicyclic) bond motifs is 1. The van der Waals surface area contributed by atoms with Crippen molar-refractivity contribution < 1.29 is 33.4 Å². The molecular weight excluding hydrogens is 659 g/mol. The third-order valence-electron chi connectivity index (χ3n) is 7.45. The molecule has 16 nitrogen and oxygen atoms in total. The van der Waals surface area contributed by atoms with Crippen LogP contribution in [0, 0.1) is 0 Å². The van der Waals surface area contributed by atoms with Crippen LogP contribution < -0.4 is 11.1 Å². The van der Waals surface area contributed by atoms with Gasteiger partial charge in [0.2, 0.25) is 11.1 Å². The van der Waals surface area contributed by atoms with Gasteiger partial charge in [-0.1, -0.05) is 18.2 Å². The topological polar surface area (TPSA) is 197 Å². The quantitative estimate of drug-likeness (QED) is 0.124. The first-order valence-corrected chi connectivity index (χ1v) is 17.8. The number of likely N-dealkylation sites (N-methyl/N-ethyl adjacent to an activating group) is 1. The number of carbonyl (C=O) groups excluding carboxylic acids is 4. The smallest absolute Gasteiger partial charge is 0.457 e. The molecule has 2 atom stereocenters. The molecule has 2 aromatic rings. The molecule has 1 saturated carbocycles. The number of thioether (sulfide) groups is 2. The van der Waals surface area contributed by atoms with Gasteiger partial charge in [-0.15, -0.1) is 28.2 Å². The first-order chi connectivity index (χ1) is 22.2. The van der Waals surface area contributed by atoms with Crippen LogP contribution in [0.4, 0.5) is 9.93 Å².